The van der Waals surface area contributed by atoms with Crippen LogP contribution in [0, 0.1) is 0 Å². The summed E-state index contributed by atoms with van der Waals surface area (Å²) >= 11 is 0. The van der Waals surface area contributed by atoms with Gasteiger partial charge in [0, 0.05) is 38.9 Å². The molecule has 6 heteroatoms. The van der Waals surface area contributed by atoms with E-state index in [1.54, 1.807) is 24.3 Å². The van der Waals surface area contributed by atoms with Gasteiger partial charge in [0.1, 0.15) is 6.61 Å². The molecule has 0 spiro atoms. The lowest BCUT2D eigenvalue weighted by Gasteiger charge is -2.16. The summed E-state index contributed by atoms with van der Waals surface area (Å²) in [6, 6.07) is 8.74. The van der Waals surface area contributed by atoms with Crippen LogP contribution in [-0.4, -0.2) is 43.5 Å². The summed E-state index contributed by atoms with van der Waals surface area (Å²) in [6.45, 7) is 4.15. The van der Waals surface area contributed by atoms with Gasteiger partial charge in [0.05, 0.1) is 10.8 Å². The van der Waals surface area contributed by atoms with Gasteiger partial charge in [-0.05, 0) is 25.0 Å². The lowest BCUT2D eigenvalue weighted by Crippen LogP contribution is -2.31. The number of carbonyl (C=O) groups excluding carboxylic acids is 1. The van der Waals surface area contributed by atoms with Gasteiger partial charge in [0.2, 0.25) is 0 Å². The second kappa shape index (κ2) is 12.4. The Morgan fingerprint density at radius 1 is 1.04 bits per heavy atom. The van der Waals surface area contributed by atoms with E-state index in [4.69, 9.17) is 4.74 Å². The molecule has 4 nitrogen and oxygen atoms in total. The van der Waals surface area contributed by atoms with Crippen molar-refractivity contribution >= 4 is 27.6 Å². The Morgan fingerprint density at radius 2 is 1.67 bits per heavy atom. The van der Waals surface area contributed by atoms with Crippen LogP contribution >= 0.6 is 0 Å². The first kappa shape index (κ1) is 21.0. The van der Waals surface area contributed by atoms with Gasteiger partial charge in [0.15, 0.2) is 0 Å². The van der Waals surface area contributed by atoms with Crippen molar-refractivity contribution in [2.45, 2.75) is 44.8 Å². The van der Waals surface area contributed by atoms with Gasteiger partial charge in [0.25, 0.3) is 0 Å². The largest absolute Gasteiger partial charge is 0.461 e. The van der Waals surface area contributed by atoms with Crippen LogP contribution in [0.1, 0.15) is 49.9 Å². The molecule has 0 N–H and O–H groups in total. The number of esters is 1. The standard InChI is InChI=1S/C18H28O4S2/c1-3-5-12-23(20)15-17(24(21)13-6-4-2)14-22-18(19)16-10-8-7-9-11-16/h7-11,17H,3-6,12-15H2,1-2H3/t17-,23+,24+/m1/s1. The van der Waals surface area contributed by atoms with Crippen LogP contribution in [0.2, 0.25) is 0 Å². The highest BCUT2D eigenvalue weighted by Crippen LogP contribution is 2.08. The Balaban J connectivity index is 2.61. The summed E-state index contributed by atoms with van der Waals surface area (Å²) in [7, 11) is -2.15. The summed E-state index contributed by atoms with van der Waals surface area (Å²) in [5.41, 5.74) is 0.475. The van der Waals surface area contributed by atoms with E-state index >= 15 is 0 Å². The van der Waals surface area contributed by atoms with Crippen LogP contribution in [-0.2, 0) is 26.3 Å². The van der Waals surface area contributed by atoms with Gasteiger partial charge in [-0.1, -0.05) is 44.9 Å². The van der Waals surface area contributed by atoms with Gasteiger partial charge in [-0.2, -0.15) is 0 Å². The molecule has 0 aliphatic rings. The van der Waals surface area contributed by atoms with E-state index in [0.717, 1.165) is 25.7 Å². The number of hydrogen-bond donors (Lipinski definition) is 0. The molecule has 1 rings (SSSR count). The van der Waals surface area contributed by atoms with Crippen LogP contribution < -0.4 is 0 Å². The summed E-state index contributed by atoms with van der Waals surface area (Å²) in [4.78, 5) is 12.0. The third-order valence-electron chi connectivity index (χ3n) is 3.58. The van der Waals surface area contributed by atoms with Gasteiger partial charge in [-0.3, -0.25) is 8.42 Å². The van der Waals surface area contributed by atoms with Gasteiger partial charge < -0.3 is 4.74 Å². The fraction of sp³-hybridized carbons (Fsp3) is 0.611. The first-order valence-corrected chi connectivity index (χ1v) is 11.4. The molecule has 0 amide bonds. The molecule has 0 fully saturated rings. The van der Waals surface area contributed by atoms with Crippen molar-refractivity contribution in [3.63, 3.8) is 0 Å². The van der Waals surface area contributed by atoms with Gasteiger partial charge in [-0.25, -0.2) is 4.79 Å². The zero-order valence-electron chi connectivity index (χ0n) is 14.6. The SMILES string of the molecule is CCCC[S@](=O)C[C@@H](COC(=O)c1ccccc1)[S@@](=O)CCCC. The molecular formula is C18H28O4S2. The van der Waals surface area contributed by atoms with Crippen LogP contribution in [0.4, 0.5) is 0 Å². The van der Waals surface area contributed by atoms with E-state index in [1.807, 2.05) is 13.0 Å². The van der Waals surface area contributed by atoms with Gasteiger partial charge in [-0.15, -0.1) is 0 Å². The zero-order valence-corrected chi connectivity index (χ0v) is 16.2. The maximum absolute atomic E-state index is 12.4. The maximum Gasteiger partial charge on any atom is 0.338 e. The Hall–Kier alpha value is -1.01. The maximum atomic E-state index is 12.4. The number of benzene rings is 1. The third-order valence-corrected chi connectivity index (χ3v) is 7.04. The molecule has 1 aromatic carbocycles. The Kier molecular flexibility index (Phi) is 10.8. The quantitative estimate of drug-likeness (QED) is 0.528. The number of rotatable bonds is 12. The summed E-state index contributed by atoms with van der Waals surface area (Å²) < 4.78 is 29.9. The fourth-order valence-electron chi connectivity index (χ4n) is 2.08. The minimum atomic E-state index is -1.13. The van der Waals surface area contributed by atoms with Crippen LogP contribution in [0.15, 0.2) is 30.3 Å². The summed E-state index contributed by atoms with van der Waals surface area (Å²) in [6.07, 6.45) is 3.70. The Bertz CT molecular complexity index is 531. The molecule has 0 bridgehead atoms. The van der Waals surface area contributed by atoms with E-state index in [1.165, 1.54) is 0 Å². The minimum Gasteiger partial charge on any atom is -0.461 e. The lowest BCUT2D eigenvalue weighted by molar-refractivity contribution is 0.0510. The molecule has 0 radical (unpaired) electrons. The number of carbonyl (C=O) groups is 1. The molecule has 136 valence electrons. The molecule has 0 saturated heterocycles. The molecule has 0 unspecified atom stereocenters. The first-order valence-electron chi connectivity index (χ1n) is 8.52. The molecule has 1 aromatic rings. The van der Waals surface area contributed by atoms with E-state index in [-0.39, 0.29) is 11.9 Å². The molecular weight excluding hydrogens is 344 g/mol. The highest BCUT2D eigenvalue weighted by molar-refractivity contribution is 7.89. The molecule has 0 heterocycles. The van der Waals surface area contributed by atoms with Crippen molar-refractivity contribution in [2.24, 2.45) is 0 Å². The molecule has 24 heavy (non-hydrogen) atoms. The molecule has 0 aromatic heterocycles. The van der Waals surface area contributed by atoms with E-state index < -0.39 is 27.6 Å². The minimum absolute atomic E-state index is 0.0575. The zero-order chi connectivity index (χ0) is 17.8. The van der Waals surface area contributed by atoms with Crippen molar-refractivity contribution < 1.29 is 17.9 Å². The molecule has 0 aliphatic heterocycles. The van der Waals surface area contributed by atoms with E-state index in [9.17, 15) is 13.2 Å². The lowest BCUT2D eigenvalue weighted by atomic mass is 10.2. The second-order valence-electron chi connectivity index (χ2n) is 5.69. The second-order valence-corrected chi connectivity index (χ2v) is 9.15. The average molecular weight is 373 g/mol. The third kappa shape index (κ3) is 8.20. The van der Waals surface area contributed by atoms with Crippen molar-refractivity contribution in [1.29, 1.82) is 0 Å². The Labute approximate surface area is 150 Å². The first-order chi connectivity index (χ1) is 11.6. The van der Waals surface area contributed by atoms with Crippen LogP contribution in [0.5, 0.6) is 0 Å². The van der Waals surface area contributed by atoms with Crippen molar-refractivity contribution in [3.05, 3.63) is 35.9 Å². The summed E-state index contributed by atoms with van der Waals surface area (Å²) in [5, 5.41) is -0.359. The highest BCUT2D eigenvalue weighted by Gasteiger charge is 2.21. The van der Waals surface area contributed by atoms with E-state index in [2.05, 4.69) is 6.92 Å². The number of unbranched alkanes of at least 4 members (excludes halogenated alkanes) is 2. The smallest absolute Gasteiger partial charge is 0.338 e. The predicted octanol–water partition coefficient (Wildman–Crippen LogP) is 3.31. The Morgan fingerprint density at radius 3 is 2.29 bits per heavy atom. The monoisotopic (exact) mass is 372 g/mol. The average Bonchev–Trinajstić information content (AvgIpc) is 2.61. The van der Waals surface area contributed by atoms with E-state index in [0.29, 0.717) is 22.8 Å². The predicted molar refractivity (Wildman–Crippen MR) is 101 cm³/mol. The molecule has 0 saturated carbocycles. The van der Waals surface area contributed by atoms with Crippen molar-refractivity contribution in [3.8, 4) is 0 Å². The fourth-order valence-corrected chi connectivity index (χ4v) is 5.55. The van der Waals surface area contributed by atoms with Crippen molar-refractivity contribution in [2.75, 3.05) is 23.9 Å². The topological polar surface area (TPSA) is 60.4 Å². The number of hydrogen-bond acceptors (Lipinski definition) is 4. The van der Waals surface area contributed by atoms with Crippen LogP contribution in [0.25, 0.3) is 0 Å². The van der Waals surface area contributed by atoms with Crippen LogP contribution in [0.3, 0.4) is 0 Å². The summed E-state index contributed by atoms with van der Waals surface area (Å²) in [5.74, 6) is 1.09. The van der Waals surface area contributed by atoms with Crippen molar-refractivity contribution in [1.82, 2.24) is 0 Å². The van der Waals surface area contributed by atoms with Gasteiger partial charge >= 0.3 is 5.97 Å². The molecule has 3 atom stereocenters. The highest BCUT2D eigenvalue weighted by atomic mass is 32.2. The number of ether oxygens (including phenoxy) is 1. The normalized spacial score (nSPS) is 14.8. The molecule has 0 aliphatic carbocycles.